The molecule has 2 N–H and O–H groups in total. The third-order valence-corrected chi connectivity index (χ3v) is 5.27. The monoisotopic (exact) mass is 367 g/mol. The summed E-state index contributed by atoms with van der Waals surface area (Å²) >= 11 is 5.48. The minimum atomic E-state index is 0.164. The molecule has 1 fully saturated rings. The van der Waals surface area contributed by atoms with E-state index in [1.807, 2.05) is 0 Å². The molecular formula is C22H29N3S. The van der Waals surface area contributed by atoms with Gasteiger partial charge in [0.2, 0.25) is 0 Å². The summed E-state index contributed by atoms with van der Waals surface area (Å²) in [6, 6.07) is 17.5. The van der Waals surface area contributed by atoms with E-state index in [4.69, 9.17) is 12.2 Å². The summed E-state index contributed by atoms with van der Waals surface area (Å²) in [5.74, 6) is 0.540. The molecule has 0 amide bonds. The zero-order valence-electron chi connectivity index (χ0n) is 16.0. The van der Waals surface area contributed by atoms with Crippen LogP contribution in [0.2, 0.25) is 0 Å². The molecule has 1 saturated heterocycles. The van der Waals surface area contributed by atoms with E-state index in [-0.39, 0.29) is 6.04 Å². The van der Waals surface area contributed by atoms with Crippen LogP contribution < -0.4 is 15.5 Å². The van der Waals surface area contributed by atoms with Gasteiger partial charge in [0.25, 0.3) is 0 Å². The Bertz CT molecular complexity index is 716. The SMILES string of the molecule is CC(C)c1ccc(NC(=S)N[C@@H](C)c2ccc(N3CCCC3)cc2)cc1. The maximum atomic E-state index is 5.48. The molecule has 0 unspecified atom stereocenters. The summed E-state index contributed by atoms with van der Waals surface area (Å²) in [4.78, 5) is 2.45. The van der Waals surface area contributed by atoms with Crippen molar-refractivity contribution < 1.29 is 0 Å². The maximum Gasteiger partial charge on any atom is 0.171 e. The van der Waals surface area contributed by atoms with Gasteiger partial charge in [-0.15, -0.1) is 0 Å². The highest BCUT2D eigenvalue weighted by Gasteiger charge is 2.13. The topological polar surface area (TPSA) is 27.3 Å². The summed E-state index contributed by atoms with van der Waals surface area (Å²) in [5.41, 5.74) is 4.92. The highest BCUT2D eigenvalue weighted by Crippen LogP contribution is 2.23. The Morgan fingerprint density at radius 3 is 2.04 bits per heavy atom. The van der Waals surface area contributed by atoms with Crippen LogP contribution >= 0.6 is 12.2 Å². The van der Waals surface area contributed by atoms with E-state index in [0.717, 1.165) is 5.69 Å². The average Bonchev–Trinajstić information content (AvgIpc) is 3.17. The Balaban J connectivity index is 1.54. The number of nitrogens with zero attached hydrogens (tertiary/aromatic N) is 1. The Hall–Kier alpha value is -2.07. The number of hydrogen-bond donors (Lipinski definition) is 2. The largest absolute Gasteiger partial charge is 0.372 e. The van der Waals surface area contributed by atoms with Gasteiger partial charge in [0.15, 0.2) is 5.11 Å². The van der Waals surface area contributed by atoms with E-state index in [2.05, 4.69) is 84.8 Å². The third-order valence-electron chi connectivity index (χ3n) is 5.05. The number of benzene rings is 2. The second-order valence-corrected chi connectivity index (χ2v) is 7.79. The van der Waals surface area contributed by atoms with Gasteiger partial charge in [-0.3, -0.25) is 0 Å². The van der Waals surface area contributed by atoms with E-state index in [9.17, 15) is 0 Å². The predicted octanol–water partition coefficient (Wildman–Crippen LogP) is 5.46. The first kappa shape index (κ1) is 18.7. The molecule has 0 radical (unpaired) electrons. The Morgan fingerprint density at radius 2 is 1.46 bits per heavy atom. The van der Waals surface area contributed by atoms with Crippen molar-refractivity contribution in [2.75, 3.05) is 23.3 Å². The quantitative estimate of drug-likeness (QED) is 0.687. The summed E-state index contributed by atoms with van der Waals surface area (Å²) in [7, 11) is 0. The van der Waals surface area contributed by atoms with Crippen LogP contribution in [0.4, 0.5) is 11.4 Å². The lowest BCUT2D eigenvalue weighted by atomic mass is 10.0. The van der Waals surface area contributed by atoms with Crippen LogP contribution in [-0.4, -0.2) is 18.2 Å². The first-order valence-electron chi connectivity index (χ1n) is 9.55. The molecule has 0 aliphatic carbocycles. The molecule has 1 aliphatic rings. The second kappa shape index (κ2) is 8.54. The number of rotatable bonds is 5. The van der Waals surface area contributed by atoms with Crippen LogP contribution in [0, 0.1) is 0 Å². The number of thiocarbonyl (C=S) groups is 1. The minimum Gasteiger partial charge on any atom is -0.372 e. The smallest absolute Gasteiger partial charge is 0.171 e. The number of nitrogens with one attached hydrogen (secondary N) is 2. The van der Waals surface area contributed by atoms with E-state index in [1.54, 1.807) is 0 Å². The van der Waals surface area contributed by atoms with Crippen molar-refractivity contribution in [2.45, 2.75) is 45.6 Å². The van der Waals surface area contributed by atoms with Crippen molar-refractivity contribution in [2.24, 2.45) is 0 Å². The van der Waals surface area contributed by atoms with Crippen molar-refractivity contribution in [3.05, 3.63) is 59.7 Å². The van der Waals surface area contributed by atoms with Gasteiger partial charge in [-0.2, -0.15) is 0 Å². The minimum absolute atomic E-state index is 0.164. The van der Waals surface area contributed by atoms with E-state index in [1.165, 1.54) is 42.7 Å². The van der Waals surface area contributed by atoms with Crippen LogP contribution in [-0.2, 0) is 0 Å². The summed E-state index contributed by atoms with van der Waals surface area (Å²) < 4.78 is 0. The standard InChI is InChI=1S/C22H29N3S/c1-16(2)18-6-10-20(11-7-18)24-22(26)23-17(3)19-8-12-21(13-9-19)25-14-4-5-15-25/h6-13,16-17H,4-5,14-15H2,1-3H3,(H2,23,24,26)/t17-/m0/s1. The molecule has 3 rings (SSSR count). The van der Waals surface area contributed by atoms with Gasteiger partial charge in [0.1, 0.15) is 0 Å². The third kappa shape index (κ3) is 4.76. The molecule has 0 bridgehead atoms. The van der Waals surface area contributed by atoms with Gasteiger partial charge in [-0.05, 0) is 73.3 Å². The number of anilines is 2. The van der Waals surface area contributed by atoms with Gasteiger partial charge < -0.3 is 15.5 Å². The molecule has 2 aromatic carbocycles. The van der Waals surface area contributed by atoms with Gasteiger partial charge in [-0.1, -0.05) is 38.1 Å². The Morgan fingerprint density at radius 1 is 0.885 bits per heavy atom. The van der Waals surface area contributed by atoms with Crippen molar-refractivity contribution in [1.82, 2.24) is 5.32 Å². The van der Waals surface area contributed by atoms with Crippen LogP contribution in [0.15, 0.2) is 48.5 Å². The van der Waals surface area contributed by atoms with Crippen molar-refractivity contribution in [3.8, 4) is 0 Å². The van der Waals surface area contributed by atoms with Gasteiger partial charge in [0.05, 0.1) is 6.04 Å². The lowest BCUT2D eigenvalue weighted by molar-refractivity contribution is 0.722. The van der Waals surface area contributed by atoms with E-state index >= 15 is 0 Å². The van der Waals surface area contributed by atoms with Crippen molar-refractivity contribution >= 4 is 28.7 Å². The Labute approximate surface area is 162 Å². The molecule has 0 aromatic heterocycles. The molecule has 3 nitrogen and oxygen atoms in total. The molecule has 0 spiro atoms. The first-order valence-corrected chi connectivity index (χ1v) is 9.96. The highest BCUT2D eigenvalue weighted by molar-refractivity contribution is 7.80. The fourth-order valence-electron chi connectivity index (χ4n) is 3.35. The molecule has 2 aromatic rings. The molecule has 4 heteroatoms. The zero-order chi connectivity index (χ0) is 18.5. The fourth-order valence-corrected chi connectivity index (χ4v) is 3.64. The van der Waals surface area contributed by atoms with Crippen LogP contribution in [0.3, 0.4) is 0 Å². The molecular weight excluding hydrogens is 338 g/mol. The van der Waals surface area contributed by atoms with Crippen LogP contribution in [0.25, 0.3) is 0 Å². The lowest BCUT2D eigenvalue weighted by Gasteiger charge is -2.20. The predicted molar refractivity (Wildman–Crippen MR) is 116 cm³/mol. The molecule has 26 heavy (non-hydrogen) atoms. The normalized spacial score (nSPS) is 15.2. The van der Waals surface area contributed by atoms with E-state index in [0.29, 0.717) is 11.0 Å². The Kier molecular flexibility index (Phi) is 6.15. The molecule has 1 aliphatic heterocycles. The molecule has 1 heterocycles. The number of hydrogen-bond acceptors (Lipinski definition) is 2. The van der Waals surface area contributed by atoms with Crippen molar-refractivity contribution in [1.29, 1.82) is 0 Å². The highest BCUT2D eigenvalue weighted by atomic mass is 32.1. The lowest BCUT2D eigenvalue weighted by Crippen LogP contribution is -2.30. The van der Waals surface area contributed by atoms with Gasteiger partial charge in [-0.25, -0.2) is 0 Å². The zero-order valence-corrected chi connectivity index (χ0v) is 16.8. The maximum absolute atomic E-state index is 5.48. The van der Waals surface area contributed by atoms with Crippen molar-refractivity contribution in [3.63, 3.8) is 0 Å². The van der Waals surface area contributed by atoms with Crippen LogP contribution in [0.5, 0.6) is 0 Å². The van der Waals surface area contributed by atoms with E-state index < -0.39 is 0 Å². The summed E-state index contributed by atoms with van der Waals surface area (Å²) in [5, 5.41) is 7.31. The summed E-state index contributed by atoms with van der Waals surface area (Å²) in [6.45, 7) is 8.89. The molecule has 138 valence electrons. The molecule has 0 saturated carbocycles. The van der Waals surface area contributed by atoms with Crippen LogP contribution in [0.1, 0.15) is 56.7 Å². The first-order chi connectivity index (χ1) is 12.5. The fraction of sp³-hybridized carbons (Fsp3) is 0.409. The van der Waals surface area contributed by atoms with Gasteiger partial charge in [0, 0.05) is 24.5 Å². The molecule has 1 atom stereocenters. The second-order valence-electron chi connectivity index (χ2n) is 7.38. The van der Waals surface area contributed by atoms with Gasteiger partial charge >= 0.3 is 0 Å². The average molecular weight is 368 g/mol. The summed E-state index contributed by atoms with van der Waals surface area (Å²) in [6.07, 6.45) is 2.61.